The predicted molar refractivity (Wildman–Crippen MR) is 76.6 cm³/mol. The van der Waals surface area contributed by atoms with E-state index < -0.39 is 0 Å². The third-order valence-electron chi connectivity index (χ3n) is 3.90. The van der Waals surface area contributed by atoms with Gasteiger partial charge in [-0.15, -0.1) is 0 Å². The molecule has 2 heterocycles. The number of nitrogens with zero attached hydrogens (tertiary/aromatic N) is 2. The fourth-order valence-electron chi connectivity index (χ4n) is 2.60. The van der Waals surface area contributed by atoms with Gasteiger partial charge in [0.25, 0.3) is 0 Å². The molecule has 0 aromatic carbocycles. The number of pyridine rings is 1. The molecule has 1 fully saturated rings. The quantitative estimate of drug-likeness (QED) is 0.905. The van der Waals surface area contributed by atoms with E-state index in [4.69, 9.17) is 4.74 Å². The van der Waals surface area contributed by atoms with E-state index in [9.17, 15) is 5.11 Å². The number of anilines is 1. The van der Waals surface area contributed by atoms with E-state index in [0.717, 1.165) is 30.8 Å². The molecule has 0 amide bonds. The van der Waals surface area contributed by atoms with E-state index in [0.29, 0.717) is 5.92 Å². The molecule has 0 spiro atoms. The maximum Gasteiger partial charge on any atom is 0.0747 e. The number of hydrogen-bond acceptors (Lipinski definition) is 4. The summed E-state index contributed by atoms with van der Waals surface area (Å²) in [6.45, 7) is 5.29. The molecular weight excluding hydrogens is 240 g/mol. The minimum absolute atomic E-state index is 0.179. The molecule has 19 heavy (non-hydrogen) atoms. The topological polar surface area (TPSA) is 45.6 Å². The van der Waals surface area contributed by atoms with Gasteiger partial charge in [0.15, 0.2) is 0 Å². The van der Waals surface area contributed by atoms with Crippen LogP contribution in [0.15, 0.2) is 18.3 Å². The number of ether oxygens (including phenoxy) is 1. The molecule has 0 unspecified atom stereocenters. The summed E-state index contributed by atoms with van der Waals surface area (Å²) in [5.41, 5.74) is 2.18. The number of aromatic nitrogens is 1. The molecule has 1 aromatic heterocycles. The summed E-state index contributed by atoms with van der Waals surface area (Å²) in [5, 5.41) is 9.52. The van der Waals surface area contributed by atoms with Crippen LogP contribution < -0.4 is 4.90 Å². The Balaban J connectivity index is 2.16. The number of piperidine rings is 1. The van der Waals surface area contributed by atoms with E-state index in [-0.39, 0.29) is 18.8 Å². The molecule has 0 aliphatic carbocycles. The second-order valence-corrected chi connectivity index (χ2v) is 5.52. The van der Waals surface area contributed by atoms with Crippen LogP contribution in [0.5, 0.6) is 0 Å². The Labute approximate surface area is 115 Å². The first-order valence-electron chi connectivity index (χ1n) is 7.02. The summed E-state index contributed by atoms with van der Waals surface area (Å²) in [6.07, 6.45) is 4.12. The second-order valence-electron chi connectivity index (χ2n) is 5.52. The van der Waals surface area contributed by atoms with Crippen LogP contribution in [0.1, 0.15) is 38.3 Å². The van der Waals surface area contributed by atoms with Crippen LogP contribution in [0.4, 0.5) is 5.69 Å². The molecule has 1 saturated heterocycles. The molecule has 1 N–H and O–H groups in total. The van der Waals surface area contributed by atoms with E-state index >= 15 is 0 Å². The summed E-state index contributed by atoms with van der Waals surface area (Å²) in [5.74, 6) is 0.441. The molecule has 1 aliphatic rings. The molecule has 0 bridgehead atoms. The minimum Gasteiger partial charge on any atom is -0.394 e. The maximum absolute atomic E-state index is 9.52. The van der Waals surface area contributed by atoms with Crippen LogP contribution in [-0.4, -0.2) is 42.5 Å². The van der Waals surface area contributed by atoms with E-state index in [1.54, 1.807) is 7.11 Å². The number of methoxy groups -OCH3 is 1. The summed E-state index contributed by atoms with van der Waals surface area (Å²) in [7, 11) is 1.75. The largest absolute Gasteiger partial charge is 0.394 e. The molecule has 2 atom stereocenters. The molecule has 106 valence electrons. The lowest BCUT2D eigenvalue weighted by Crippen LogP contribution is -2.48. The Bertz CT molecular complexity index is 392. The van der Waals surface area contributed by atoms with Crippen LogP contribution in [0.2, 0.25) is 0 Å². The lowest BCUT2D eigenvalue weighted by molar-refractivity contribution is 0.0744. The Morgan fingerprint density at radius 3 is 2.74 bits per heavy atom. The smallest absolute Gasteiger partial charge is 0.0747 e. The van der Waals surface area contributed by atoms with Crippen molar-refractivity contribution in [1.82, 2.24) is 4.98 Å². The van der Waals surface area contributed by atoms with Crippen molar-refractivity contribution in [2.24, 2.45) is 0 Å². The van der Waals surface area contributed by atoms with Gasteiger partial charge in [0, 0.05) is 19.3 Å². The van der Waals surface area contributed by atoms with Crippen LogP contribution in [0.3, 0.4) is 0 Å². The lowest BCUT2D eigenvalue weighted by atomic mass is 9.99. The Morgan fingerprint density at radius 2 is 2.21 bits per heavy atom. The van der Waals surface area contributed by atoms with Crippen molar-refractivity contribution >= 4 is 5.69 Å². The lowest BCUT2D eigenvalue weighted by Gasteiger charge is -2.39. The predicted octanol–water partition coefficient (Wildman–Crippen LogP) is 2.18. The van der Waals surface area contributed by atoms with Gasteiger partial charge in [-0.3, -0.25) is 4.98 Å². The first-order chi connectivity index (χ1) is 9.15. The second kappa shape index (κ2) is 6.35. The van der Waals surface area contributed by atoms with E-state index in [2.05, 4.69) is 35.9 Å². The van der Waals surface area contributed by atoms with Gasteiger partial charge < -0.3 is 14.7 Å². The molecule has 1 aliphatic heterocycles. The maximum atomic E-state index is 9.52. The minimum atomic E-state index is 0.179. The van der Waals surface area contributed by atoms with Crippen molar-refractivity contribution in [3.63, 3.8) is 0 Å². The average Bonchev–Trinajstić information content (AvgIpc) is 2.46. The fraction of sp³-hybridized carbons (Fsp3) is 0.667. The Hall–Kier alpha value is -1.13. The van der Waals surface area contributed by atoms with Gasteiger partial charge in [0.05, 0.1) is 30.6 Å². The SMILES string of the molecule is CO[C@H]1CC[C@H](CO)N(c2ccc(C(C)C)nc2)C1. The first kappa shape index (κ1) is 14.3. The fourth-order valence-corrected chi connectivity index (χ4v) is 2.60. The van der Waals surface area contributed by atoms with Gasteiger partial charge in [0.1, 0.15) is 0 Å². The molecular formula is C15H24N2O2. The zero-order valence-electron chi connectivity index (χ0n) is 12.0. The number of hydrogen-bond donors (Lipinski definition) is 1. The van der Waals surface area contributed by atoms with Crippen LogP contribution in [0.25, 0.3) is 0 Å². The van der Waals surface area contributed by atoms with Gasteiger partial charge in [0.2, 0.25) is 0 Å². The van der Waals surface area contributed by atoms with Crippen molar-refractivity contribution in [3.8, 4) is 0 Å². The zero-order valence-corrected chi connectivity index (χ0v) is 12.0. The van der Waals surface area contributed by atoms with Crippen molar-refractivity contribution in [3.05, 3.63) is 24.0 Å². The van der Waals surface area contributed by atoms with Crippen molar-refractivity contribution in [2.45, 2.75) is 44.8 Å². The number of aliphatic hydroxyl groups excluding tert-OH is 1. The summed E-state index contributed by atoms with van der Waals surface area (Å²) in [4.78, 5) is 6.73. The number of rotatable bonds is 4. The van der Waals surface area contributed by atoms with Gasteiger partial charge in [-0.25, -0.2) is 0 Å². The van der Waals surface area contributed by atoms with E-state index in [1.165, 1.54) is 0 Å². The highest BCUT2D eigenvalue weighted by Gasteiger charge is 2.28. The average molecular weight is 264 g/mol. The molecule has 0 radical (unpaired) electrons. The van der Waals surface area contributed by atoms with Crippen LogP contribution in [0, 0.1) is 0 Å². The highest BCUT2D eigenvalue weighted by atomic mass is 16.5. The molecule has 2 rings (SSSR count). The third-order valence-corrected chi connectivity index (χ3v) is 3.90. The zero-order chi connectivity index (χ0) is 13.8. The molecule has 4 nitrogen and oxygen atoms in total. The highest BCUT2D eigenvalue weighted by molar-refractivity contribution is 5.46. The van der Waals surface area contributed by atoms with Crippen molar-refractivity contribution in [2.75, 3.05) is 25.2 Å². The van der Waals surface area contributed by atoms with Crippen LogP contribution in [-0.2, 0) is 4.74 Å². The normalized spacial score (nSPS) is 23.9. The van der Waals surface area contributed by atoms with Crippen LogP contribution >= 0.6 is 0 Å². The summed E-state index contributed by atoms with van der Waals surface area (Å²) < 4.78 is 5.45. The van der Waals surface area contributed by atoms with Gasteiger partial charge >= 0.3 is 0 Å². The standard InChI is InChI=1S/C15H24N2O2/c1-11(2)15-7-5-12(8-16-15)17-9-14(19-3)6-4-13(17)10-18/h5,7-8,11,13-14,18H,4,6,9-10H2,1-3H3/t13-,14+/m1/s1. The molecule has 4 heteroatoms. The highest BCUT2D eigenvalue weighted by Crippen LogP contribution is 2.26. The third kappa shape index (κ3) is 3.25. The number of aliphatic hydroxyl groups is 1. The van der Waals surface area contributed by atoms with E-state index in [1.807, 2.05) is 6.20 Å². The summed E-state index contributed by atoms with van der Waals surface area (Å²) >= 11 is 0. The Morgan fingerprint density at radius 1 is 1.42 bits per heavy atom. The van der Waals surface area contributed by atoms with Gasteiger partial charge in [-0.2, -0.15) is 0 Å². The molecule has 0 saturated carbocycles. The van der Waals surface area contributed by atoms with Gasteiger partial charge in [-0.05, 0) is 30.9 Å². The monoisotopic (exact) mass is 264 g/mol. The Kier molecular flexibility index (Phi) is 4.77. The van der Waals surface area contributed by atoms with Crippen molar-refractivity contribution < 1.29 is 9.84 Å². The summed E-state index contributed by atoms with van der Waals surface area (Å²) in [6, 6.07) is 4.35. The van der Waals surface area contributed by atoms with Gasteiger partial charge in [-0.1, -0.05) is 13.8 Å². The van der Waals surface area contributed by atoms with Crippen molar-refractivity contribution in [1.29, 1.82) is 0 Å². The molecule has 1 aromatic rings. The first-order valence-corrected chi connectivity index (χ1v) is 7.02.